The van der Waals surface area contributed by atoms with Crippen molar-refractivity contribution in [1.82, 2.24) is 9.96 Å². The van der Waals surface area contributed by atoms with Crippen molar-refractivity contribution >= 4 is 33.4 Å². The molecule has 0 unspecified atom stereocenters. The molecule has 11 nitrogen and oxygen atoms in total. The van der Waals surface area contributed by atoms with E-state index in [2.05, 4.69) is 0 Å². The number of carbonyl (C=O) groups excluding carboxylic acids is 2. The molecule has 1 aromatic carbocycles. The van der Waals surface area contributed by atoms with Crippen LogP contribution in [0.1, 0.15) is 17.2 Å². The Labute approximate surface area is 202 Å². The summed E-state index contributed by atoms with van der Waals surface area (Å²) in [5.74, 6) is -0.901. The van der Waals surface area contributed by atoms with Gasteiger partial charge in [0.25, 0.3) is 11.8 Å². The molecule has 0 aromatic heterocycles. The lowest BCUT2D eigenvalue weighted by molar-refractivity contribution is -0.329. The fraction of sp³-hybridized carbons (Fsp3) is 0.524. The lowest BCUT2D eigenvalue weighted by Gasteiger charge is -2.57. The fourth-order valence-electron chi connectivity index (χ4n) is 5.04. The number of amides is 2. The summed E-state index contributed by atoms with van der Waals surface area (Å²) >= 11 is 0. The summed E-state index contributed by atoms with van der Waals surface area (Å²) in [6, 6.07) is 2.14. The van der Waals surface area contributed by atoms with E-state index in [1.54, 1.807) is 12.1 Å². The summed E-state index contributed by atoms with van der Waals surface area (Å²) in [4.78, 5) is 32.8. The van der Waals surface area contributed by atoms with E-state index in [4.69, 9.17) is 14.3 Å². The SMILES string of the molecule is COc1ccc([C@@H]2SS[C@@]34C[C@]5(O)[C@@H](O)C=C[C@@H](O)[C@@H]5ON3C(=O)[C@@H]2N(C)C4=O)c(O)c1OC. The van der Waals surface area contributed by atoms with Crippen LogP contribution in [-0.4, -0.2) is 98.3 Å². The van der Waals surface area contributed by atoms with Crippen LogP contribution in [0.5, 0.6) is 17.2 Å². The summed E-state index contributed by atoms with van der Waals surface area (Å²) in [6.07, 6.45) is -1.89. The van der Waals surface area contributed by atoms with Crippen LogP contribution in [0.25, 0.3) is 0 Å². The molecule has 0 radical (unpaired) electrons. The molecule has 2 bridgehead atoms. The van der Waals surface area contributed by atoms with Crippen molar-refractivity contribution in [3.8, 4) is 17.2 Å². The van der Waals surface area contributed by atoms with Gasteiger partial charge in [0.05, 0.1) is 19.5 Å². The van der Waals surface area contributed by atoms with Crippen LogP contribution < -0.4 is 9.47 Å². The van der Waals surface area contributed by atoms with Gasteiger partial charge in [0.2, 0.25) is 10.6 Å². The molecule has 1 aromatic rings. The average molecular weight is 513 g/mol. The van der Waals surface area contributed by atoms with Crippen LogP contribution in [-0.2, 0) is 14.4 Å². The van der Waals surface area contributed by atoms with Gasteiger partial charge in [-0.3, -0.25) is 14.4 Å². The fourth-order valence-corrected chi connectivity index (χ4v) is 8.71. The maximum Gasteiger partial charge on any atom is 0.272 e. The van der Waals surface area contributed by atoms with Crippen molar-refractivity contribution in [2.24, 2.45) is 0 Å². The molecular formula is C21H24N2O9S2. The molecule has 2 amide bonds. The molecule has 4 saturated heterocycles. The Hall–Kier alpha value is -2.16. The van der Waals surface area contributed by atoms with Crippen LogP contribution >= 0.6 is 21.6 Å². The molecule has 4 aliphatic heterocycles. The van der Waals surface area contributed by atoms with Crippen LogP contribution in [0.15, 0.2) is 24.3 Å². The summed E-state index contributed by atoms with van der Waals surface area (Å²) in [5.41, 5.74) is -1.66. The van der Waals surface area contributed by atoms with Crippen molar-refractivity contribution in [3.05, 3.63) is 29.8 Å². The largest absolute Gasteiger partial charge is 0.504 e. The van der Waals surface area contributed by atoms with Gasteiger partial charge in [-0.15, -0.1) is 0 Å². The first kappa shape index (κ1) is 23.6. The molecule has 7 atom stereocenters. The number of benzene rings is 1. The van der Waals surface area contributed by atoms with Gasteiger partial charge in [-0.2, -0.15) is 5.06 Å². The summed E-state index contributed by atoms with van der Waals surface area (Å²) < 4.78 is 10.5. The minimum absolute atomic E-state index is 0.0932. The smallest absolute Gasteiger partial charge is 0.272 e. The molecule has 5 aliphatic rings. The number of hydroxylamine groups is 2. The number of aromatic hydroxyl groups is 1. The van der Waals surface area contributed by atoms with E-state index < -0.39 is 51.9 Å². The molecular weight excluding hydrogens is 488 g/mol. The van der Waals surface area contributed by atoms with Crippen molar-refractivity contribution in [2.45, 2.75) is 46.5 Å². The maximum atomic E-state index is 13.7. The molecule has 4 N–H and O–H groups in total. The van der Waals surface area contributed by atoms with E-state index in [0.29, 0.717) is 11.3 Å². The van der Waals surface area contributed by atoms with Gasteiger partial charge in [-0.1, -0.05) is 39.8 Å². The molecule has 4 fully saturated rings. The van der Waals surface area contributed by atoms with Crippen LogP contribution in [0.2, 0.25) is 0 Å². The Morgan fingerprint density at radius 1 is 1.18 bits per heavy atom. The third kappa shape index (κ3) is 2.94. The van der Waals surface area contributed by atoms with Crippen molar-refractivity contribution < 1.29 is 44.3 Å². The Bertz CT molecular complexity index is 1090. The minimum atomic E-state index is -2.01. The lowest BCUT2D eigenvalue weighted by atomic mass is 9.75. The highest BCUT2D eigenvalue weighted by molar-refractivity contribution is 8.77. The van der Waals surface area contributed by atoms with Gasteiger partial charge in [0.1, 0.15) is 30.0 Å². The maximum absolute atomic E-state index is 13.7. The number of nitrogens with zero attached hydrogens (tertiary/aromatic N) is 2. The summed E-state index contributed by atoms with van der Waals surface area (Å²) in [6.45, 7) is 0. The second-order valence-corrected chi connectivity index (χ2v) is 11.3. The highest BCUT2D eigenvalue weighted by Gasteiger charge is 2.70. The zero-order chi connectivity index (χ0) is 24.6. The Balaban J connectivity index is 1.61. The van der Waals surface area contributed by atoms with E-state index in [1.165, 1.54) is 49.1 Å². The highest BCUT2D eigenvalue weighted by atomic mass is 33.1. The zero-order valence-electron chi connectivity index (χ0n) is 18.4. The second-order valence-electron chi connectivity index (χ2n) is 8.63. The molecule has 4 heterocycles. The Morgan fingerprint density at radius 2 is 1.91 bits per heavy atom. The summed E-state index contributed by atoms with van der Waals surface area (Å²) in [7, 11) is 6.47. The number of phenolic OH excluding ortho intramolecular Hbond substituents is 1. The number of phenols is 1. The first-order valence-electron chi connectivity index (χ1n) is 10.4. The van der Waals surface area contributed by atoms with Crippen LogP contribution in [0.4, 0.5) is 0 Å². The molecule has 34 heavy (non-hydrogen) atoms. The topological polar surface area (TPSA) is 149 Å². The van der Waals surface area contributed by atoms with Gasteiger partial charge in [-0.05, 0) is 6.07 Å². The number of aliphatic hydroxyl groups excluding tert-OH is 2. The standard InChI is InChI=1S/C21H24N2O9S2/c1-22-13-16(9-4-6-11(30-2)15(31-3)14(9)26)33-34-21(19(22)28)8-20(29)12(25)7-5-10(24)17(20)32-23(21)18(13)27/h4-7,10,12-13,16-17,24-26,29H,8H2,1-3H3/t10-,12+,13-,16+,17+,20+,21-/m1/s1. The third-order valence-corrected chi connectivity index (χ3v) is 10.1. The van der Waals surface area contributed by atoms with E-state index in [9.17, 15) is 30.0 Å². The van der Waals surface area contributed by atoms with Crippen LogP contribution in [0, 0.1) is 0 Å². The zero-order valence-corrected chi connectivity index (χ0v) is 20.1. The molecule has 1 spiro atoms. The number of rotatable bonds is 3. The van der Waals surface area contributed by atoms with Crippen molar-refractivity contribution in [3.63, 3.8) is 0 Å². The number of likely N-dealkylation sites (N-methyl/N-ethyl adjacent to an activating group) is 1. The predicted molar refractivity (Wildman–Crippen MR) is 121 cm³/mol. The monoisotopic (exact) mass is 512 g/mol. The van der Waals surface area contributed by atoms with E-state index in [-0.39, 0.29) is 17.9 Å². The van der Waals surface area contributed by atoms with Gasteiger partial charge in [0.15, 0.2) is 11.5 Å². The first-order valence-corrected chi connectivity index (χ1v) is 12.6. The number of fused-ring (bicyclic) bond motifs is 4. The van der Waals surface area contributed by atoms with Crippen LogP contribution in [0.3, 0.4) is 0 Å². The van der Waals surface area contributed by atoms with Gasteiger partial charge < -0.3 is 34.8 Å². The van der Waals surface area contributed by atoms with Gasteiger partial charge in [0, 0.05) is 19.0 Å². The Kier molecular flexibility index (Phi) is 5.50. The van der Waals surface area contributed by atoms with E-state index in [0.717, 1.165) is 15.9 Å². The average Bonchev–Trinajstić information content (AvgIpc) is 3.00. The number of carbonyl (C=O) groups is 2. The van der Waals surface area contributed by atoms with Crippen molar-refractivity contribution in [1.29, 1.82) is 0 Å². The molecule has 13 heteroatoms. The highest BCUT2D eigenvalue weighted by Crippen LogP contribution is 2.62. The van der Waals surface area contributed by atoms with E-state index >= 15 is 0 Å². The minimum Gasteiger partial charge on any atom is -0.504 e. The number of hydrogen-bond acceptors (Lipinski definition) is 11. The van der Waals surface area contributed by atoms with Gasteiger partial charge in [-0.25, -0.2) is 0 Å². The molecule has 1 aliphatic carbocycles. The molecule has 6 rings (SSSR count). The Morgan fingerprint density at radius 3 is 2.59 bits per heavy atom. The lowest BCUT2D eigenvalue weighted by Crippen LogP contribution is -2.77. The van der Waals surface area contributed by atoms with E-state index in [1.807, 2.05) is 0 Å². The number of ether oxygens (including phenoxy) is 2. The normalized spacial score (nSPS) is 38.9. The number of piperazine rings is 1. The van der Waals surface area contributed by atoms with Gasteiger partial charge >= 0.3 is 0 Å². The predicted octanol–water partition coefficient (Wildman–Crippen LogP) is -0.0624. The number of aliphatic hydroxyl groups is 3. The molecule has 0 saturated carbocycles. The quantitative estimate of drug-likeness (QED) is 0.319. The third-order valence-electron chi connectivity index (χ3n) is 6.83. The van der Waals surface area contributed by atoms with Crippen molar-refractivity contribution in [2.75, 3.05) is 21.3 Å². The molecule has 184 valence electrons. The number of hydrogen-bond donors (Lipinski definition) is 4. The second kappa shape index (κ2) is 7.93. The number of methoxy groups -OCH3 is 2. The first-order chi connectivity index (χ1) is 16.1. The summed E-state index contributed by atoms with van der Waals surface area (Å²) in [5, 5.41) is 43.4.